The van der Waals surface area contributed by atoms with E-state index in [1.165, 1.54) is 5.56 Å². The van der Waals surface area contributed by atoms with Gasteiger partial charge in [0.1, 0.15) is 5.78 Å². The fourth-order valence-corrected chi connectivity index (χ4v) is 1.83. The Balaban J connectivity index is 1.87. The number of benzene rings is 1. The summed E-state index contributed by atoms with van der Waals surface area (Å²) >= 11 is 0. The van der Waals surface area contributed by atoms with E-state index >= 15 is 0 Å². The largest absolute Gasteiger partial charge is 0.380 e. The predicted molar refractivity (Wildman–Crippen MR) is 64.0 cm³/mol. The van der Waals surface area contributed by atoms with E-state index in [1.54, 1.807) is 0 Å². The Morgan fingerprint density at radius 2 is 2.12 bits per heavy atom. The van der Waals surface area contributed by atoms with Gasteiger partial charge < -0.3 is 4.74 Å². The lowest BCUT2D eigenvalue weighted by atomic mass is 9.96. The highest BCUT2D eigenvalue weighted by atomic mass is 16.5. The minimum absolute atomic E-state index is 0.0636. The van der Waals surface area contributed by atoms with Crippen LogP contribution in [0.15, 0.2) is 36.4 Å². The first-order valence-electron chi connectivity index (χ1n) is 5.68. The smallest absolute Gasteiger partial charge is 0.140 e. The zero-order valence-corrected chi connectivity index (χ0v) is 9.26. The van der Waals surface area contributed by atoms with Gasteiger partial charge in [0.2, 0.25) is 0 Å². The number of ether oxygens (including phenoxy) is 1. The molecule has 2 heteroatoms. The number of hydrogen-bond donors (Lipinski definition) is 0. The number of hydrogen-bond acceptors (Lipinski definition) is 2. The van der Waals surface area contributed by atoms with Gasteiger partial charge in [0.05, 0.1) is 13.2 Å². The molecule has 1 atom stereocenters. The molecule has 1 saturated heterocycles. The molecule has 0 spiro atoms. The van der Waals surface area contributed by atoms with Gasteiger partial charge in [0.25, 0.3) is 0 Å². The van der Waals surface area contributed by atoms with Gasteiger partial charge in [0, 0.05) is 12.3 Å². The van der Waals surface area contributed by atoms with Crippen LogP contribution in [-0.2, 0) is 9.53 Å². The summed E-state index contributed by atoms with van der Waals surface area (Å²) in [4.78, 5) is 11.5. The first-order chi connectivity index (χ1) is 7.86. The third-order valence-electron chi connectivity index (χ3n) is 2.80. The highest BCUT2D eigenvalue weighted by Crippen LogP contribution is 2.15. The Hall–Kier alpha value is -1.41. The third kappa shape index (κ3) is 3.04. The minimum Gasteiger partial charge on any atom is -0.380 e. The number of Topliss-reactive ketones (excluding diaryl/α,β-unsaturated/α-hetero) is 1. The van der Waals surface area contributed by atoms with E-state index < -0.39 is 0 Å². The van der Waals surface area contributed by atoms with Gasteiger partial charge >= 0.3 is 0 Å². The molecule has 1 aromatic rings. The highest BCUT2D eigenvalue weighted by Gasteiger charge is 2.20. The molecule has 16 heavy (non-hydrogen) atoms. The van der Waals surface area contributed by atoms with Gasteiger partial charge in [-0.15, -0.1) is 0 Å². The molecule has 1 heterocycles. The zero-order chi connectivity index (χ0) is 11.2. The average molecular weight is 216 g/mol. The number of carbonyl (C=O) groups is 1. The maximum absolute atomic E-state index is 11.5. The summed E-state index contributed by atoms with van der Waals surface area (Å²) in [6.45, 7) is 1.18. The normalized spacial score (nSPS) is 21.5. The molecule has 84 valence electrons. The van der Waals surface area contributed by atoms with Crippen molar-refractivity contribution < 1.29 is 9.53 Å². The third-order valence-corrected chi connectivity index (χ3v) is 2.80. The predicted octanol–water partition coefficient (Wildman–Crippen LogP) is 2.70. The highest BCUT2D eigenvalue weighted by molar-refractivity contribution is 5.82. The number of rotatable bonds is 3. The van der Waals surface area contributed by atoms with Crippen LogP contribution in [0.3, 0.4) is 0 Å². The molecule has 0 N–H and O–H groups in total. The van der Waals surface area contributed by atoms with Gasteiger partial charge in [0.15, 0.2) is 0 Å². The minimum atomic E-state index is 0.0636. The van der Waals surface area contributed by atoms with Crippen molar-refractivity contribution in [2.45, 2.75) is 12.8 Å². The van der Waals surface area contributed by atoms with Gasteiger partial charge in [-0.25, -0.2) is 0 Å². The summed E-state index contributed by atoms with van der Waals surface area (Å²) in [5.74, 6) is 0.401. The summed E-state index contributed by atoms with van der Waals surface area (Å²) in [5.41, 5.74) is 1.17. The lowest BCUT2D eigenvalue weighted by molar-refractivity contribution is -0.130. The monoisotopic (exact) mass is 216 g/mol. The molecule has 1 aromatic carbocycles. The summed E-state index contributed by atoms with van der Waals surface area (Å²) in [6.07, 6.45) is 5.48. The second-order valence-electron chi connectivity index (χ2n) is 4.04. The molecule has 1 aliphatic heterocycles. The molecule has 0 aliphatic carbocycles. The SMILES string of the molecule is O=C1CCOCC1C/C=C/c1ccccc1. The van der Waals surface area contributed by atoms with E-state index in [2.05, 4.69) is 24.3 Å². The van der Waals surface area contributed by atoms with E-state index in [0.717, 1.165) is 6.42 Å². The number of carbonyl (C=O) groups excluding carboxylic acids is 1. The van der Waals surface area contributed by atoms with Crippen LogP contribution in [0.1, 0.15) is 18.4 Å². The fraction of sp³-hybridized carbons (Fsp3) is 0.357. The molecule has 0 amide bonds. The van der Waals surface area contributed by atoms with Crippen molar-refractivity contribution in [1.29, 1.82) is 0 Å². The lowest BCUT2D eigenvalue weighted by Crippen LogP contribution is -2.26. The Bertz CT molecular complexity index is 368. The second-order valence-corrected chi connectivity index (χ2v) is 4.04. The first kappa shape index (κ1) is 11.1. The van der Waals surface area contributed by atoms with E-state index in [1.807, 2.05) is 18.2 Å². The zero-order valence-electron chi connectivity index (χ0n) is 9.26. The van der Waals surface area contributed by atoms with Crippen LogP contribution in [0.4, 0.5) is 0 Å². The maximum Gasteiger partial charge on any atom is 0.140 e. The fourth-order valence-electron chi connectivity index (χ4n) is 1.83. The van der Waals surface area contributed by atoms with Crippen molar-refractivity contribution in [1.82, 2.24) is 0 Å². The summed E-state index contributed by atoms with van der Waals surface area (Å²) in [6, 6.07) is 10.1. The van der Waals surface area contributed by atoms with Crippen LogP contribution >= 0.6 is 0 Å². The molecule has 0 saturated carbocycles. The van der Waals surface area contributed by atoms with E-state index in [9.17, 15) is 4.79 Å². The number of allylic oxidation sites excluding steroid dienone is 1. The van der Waals surface area contributed by atoms with Crippen molar-refractivity contribution in [3.63, 3.8) is 0 Å². The van der Waals surface area contributed by atoms with Crippen LogP contribution in [0.2, 0.25) is 0 Å². The lowest BCUT2D eigenvalue weighted by Gasteiger charge is -2.19. The molecule has 2 rings (SSSR count). The molecule has 0 bridgehead atoms. The summed E-state index contributed by atoms with van der Waals surface area (Å²) < 4.78 is 5.30. The van der Waals surface area contributed by atoms with Crippen molar-refractivity contribution in [2.75, 3.05) is 13.2 Å². The average Bonchev–Trinajstić information content (AvgIpc) is 2.33. The van der Waals surface area contributed by atoms with Crippen molar-refractivity contribution in [3.05, 3.63) is 42.0 Å². The van der Waals surface area contributed by atoms with E-state index in [0.29, 0.717) is 25.4 Å². The molecule has 1 unspecified atom stereocenters. The van der Waals surface area contributed by atoms with Crippen molar-refractivity contribution in [3.8, 4) is 0 Å². The molecular formula is C14H16O2. The van der Waals surface area contributed by atoms with Gasteiger partial charge in [-0.2, -0.15) is 0 Å². The second kappa shape index (κ2) is 5.61. The van der Waals surface area contributed by atoms with Crippen molar-refractivity contribution >= 4 is 11.9 Å². The van der Waals surface area contributed by atoms with Crippen LogP contribution in [0.5, 0.6) is 0 Å². The van der Waals surface area contributed by atoms with E-state index in [4.69, 9.17) is 4.74 Å². The van der Waals surface area contributed by atoms with Crippen LogP contribution in [0.25, 0.3) is 6.08 Å². The Kier molecular flexibility index (Phi) is 3.89. The summed E-state index contributed by atoms with van der Waals surface area (Å²) in [5, 5.41) is 0. The van der Waals surface area contributed by atoms with Crippen LogP contribution in [-0.4, -0.2) is 19.0 Å². The van der Waals surface area contributed by atoms with Gasteiger partial charge in [-0.05, 0) is 12.0 Å². The van der Waals surface area contributed by atoms with Crippen LogP contribution < -0.4 is 0 Å². The molecule has 0 aromatic heterocycles. The quantitative estimate of drug-likeness (QED) is 0.776. The standard InChI is InChI=1S/C14H16O2/c15-14-9-10-16-11-13(14)8-4-7-12-5-2-1-3-6-12/h1-7,13H,8-11H2/b7-4+. The molecular weight excluding hydrogens is 200 g/mol. The van der Waals surface area contributed by atoms with E-state index in [-0.39, 0.29) is 5.92 Å². The Morgan fingerprint density at radius 1 is 1.31 bits per heavy atom. The van der Waals surface area contributed by atoms with Gasteiger partial charge in [-0.1, -0.05) is 42.5 Å². The Morgan fingerprint density at radius 3 is 2.88 bits per heavy atom. The summed E-state index contributed by atoms with van der Waals surface area (Å²) in [7, 11) is 0. The molecule has 1 fully saturated rings. The maximum atomic E-state index is 11.5. The molecule has 2 nitrogen and oxygen atoms in total. The van der Waals surface area contributed by atoms with Crippen LogP contribution in [0, 0.1) is 5.92 Å². The molecule has 0 radical (unpaired) electrons. The van der Waals surface area contributed by atoms with Gasteiger partial charge in [-0.3, -0.25) is 4.79 Å². The first-order valence-corrected chi connectivity index (χ1v) is 5.68. The number of ketones is 1. The topological polar surface area (TPSA) is 26.3 Å². The van der Waals surface area contributed by atoms with Crippen molar-refractivity contribution in [2.24, 2.45) is 5.92 Å². The Labute approximate surface area is 95.9 Å². The molecule has 1 aliphatic rings.